The van der Waals surface area contributed by atoms with Gasteiger partial charge in [-0.05, 0) is 16.5 Å². The molecule has 0 N–H and O–H groups in total. The predicted octanol–water partition coefficient (Wildman–Crippen LogP) is 3.85. The van der Waals surface area contributed by atoms with Gasteiger partial charge < -0.3 is 14.2 Å². The van der Waals surface area contributed by atoms with Gasteiger partial charge in [-0.3, -0.25) is 9.59 Å². The molecule has 1 aliphatic rings. The van der Waals surface area contributed by atoms with E-state index >= 15 is 0 Å². The van der Waals surface area contributed by atoms with E-state index in [0.717, 1.165) is 16.3 Å². The molecular weight excluding hydrogens is 356 g/mol. The van der Waals surface area contributed by atoms with Crippen molar-refractivity contribution in [1.29, 1.82) is 0 Å². The van der Waals surface area contributed by atoms with E-state index in [-0.39, 0.29) is 6.42 Å². The van der Waals surface area contributed by atoms with Crippen LogP contribution >= 0.6 is 0 Å². The first-order chi connectivity index (χ1) is 13.6. The second kappa shape index (κ2) is 7.00. The van der Waals surface area contributed by atoms with Gasteiger partial charge >= 0.3 is 11.9 Å². The molecule has 0 aromatic heterocycles. The van der Waals surface area contributed by atoms with Crippen molar-refractivity contribution in [3.63, 3.8) is 0 Å². The lowest BCUT2D eigenvalue weighted by Gasteiger charge is -2.40. The minimum atomic E-state index is -1.62. The van der Waals surface area contributed by atoms with E-state index in [1.54, 1.807) is 0 Å². The molecule has 4 rings (SSSR count). The zero-order chi connectivity index (χ0) is 19.7. The number of fused-ring (bicyclic) bond motifs is 3. The Kier molecular flexibility index (Phi) is 4.51. The van der Waals surface area contributed by atoms with Crippen LogP contribution in [0.2, 0.25) is 0 Å². The van der Waals surface area contributed by atoms with Gasteiger partial charge in [-0.2, -0.15) is 0 Å². The predicted molar refractivity (Wildman–Crippen MR) is 104 cm³/mol. The number of hydrogen-bond donors (Lipinski definition) is 0. The second-order valence-corrected chi connectivity index (χ2v) is 6.81. The molecule has 142 valence electrons. The Hall–Kier alpha value is -3.34. The van der Waals surface area contributed by atoms with Crippen LogP contribution in [0.5, 0.6) is 5.75 Å². The summed E-state index contributed by atoms with van der Waals surface area (Å²) in [5, 5.41) is 1.96. The molecule has 0 fully saturated rings. The third-order valence-corrected chi connectivity index (χ3v) is 5.32. The minimum absolute atomic E-state index is 0.131. The van der Waals surface area contributed by atoms with Crippen LogP contribution in [0.3, 0.4) is 0 Å². The summed E-state index contributed by atoms with van der Waals surface area (Å²) in [4.78, 5) is 25.9. The van der Waals surface area contributed by atoms with Gasteiger partial charge in [0.25, 0.3) is 0 Å². The topological polar surface area (TPSA) is 61.8 Å². The molecule has 1 unspecified atom stereocenters. The number of rotatable bonds is 3. The van der Waals surface area contributed by atoms with Crippen LogP contribution in [0.4, 0.5) is 0 Å². The highest BCUT2D eigenvalue weighted by Gasteiger charge is 2.59. The van der Waals surface area contributed by atoms with Crippen molar-refractivity contribution in [2.24, 2.45) is 5.41 Å². The molecule has 0 saturated heterocycles. The van der Waals surface area contributed by atoms with Crippen LogP contribution in [0.1, 0.15) is 17.2 Å². The van der Waals surface area contributed by atoms with Crippen molar-refractivity contribution in [2.75, 3.05) is 14.2 Å². The van der Waals surface area contributed by atoms with Crippen molar-refractivity contribution in [3.8, 4) is 5.75 Å². The fourth-order valence-corrected chi connectivity index (χ4v) is 3.96. The van der Waals surface area contributed by atoms with Crippen molar-refractivity contribution in [3.05, 3.63) is 77.9 Å². The minimum Gasteiger partial charge on any atom is -0.483 e. The van der Waals surface area contributed by atoms with Crippen LogP contribution in [-0.4, -0.2) is 26.2 Å². The largest absolute Gasteiger partial charge is 0.483 e. The van der Waals surface area contributed by atoms with Gasteiger partial charge in [0.2, 0.25) is 5.41 Å². The number of benzene rings is 3. The van der Waals surface area contributed by atoms with Crippen LogP contribution in [0.15, 0.2) is 66.7 Å². The Morgan fingerprint density at radius 1 is 0.893 bits per heavy atom. The summed E-state index contributed by atoms with van der Waals surface area (Å²) in [7, 11) is 2.54. The monoisotopic (exact) mass is 376 g/mol. The molecule has 1 aliphatic heterocycles. The first-order valence-electron chi connectivity index (χ1n) is 9.01. The second-order valence-electron chi connectivity index (χ2n) is 6.81. The first-order valence-corrected chi connectivity index (χ1v) is 9.01. The first kappa shape index (κ1) is 18.0. The number of ether oxygens (including phenoxy) is 3. The summed E-state index contributed by atoms with van der Waals surface area (Å²) in [5.41, 5.74) is -0.154. The lowest BCUT2D eigenvalue weighted by Crippen LogP contribution is -2.51. The smallest absolute Gasteiger partial charge is 0.327 e. The maximum Gasteiger partial charge on any atom is 0.327 e. The third-order valence-electron chi connectivity index (χ3n) is 5.32. The molecule has 1 atom stereocenters. The van der Waals surface area contributed by atoms with E-state index in [1.807, 2.05) is 66.7 Å². The van der Waals surface area contributed by atoms with Gasteiger partial charge in [0.05, 0.1) is 14.2 Å². The molecule has 0 aliphatic carbocycles. The Labute approximate surface area is 162 Å². The molecule has 3 aromatic carbocycles. The quantitative estimate of drug-likeness (QED) is 0.513. The fraction of sp³-hybridized carbons (Fsp3) is 0.217. The number of methoxy groups -OCH3 is 2. The maximum atomic E-state index is 12.9. The van der Waals surface area contributed by atoms with Crippen LogP contribution < -0.4 is 4.74 Å². The molecule has 28 heavy (non-hydrogen) atoms. The normalized spacial score (nSPS) is 17.3. The van der Waals surface area contributed by atoms with E-state index in [2.05, 4.69) is 0 Å². The molecule has 5 heteroatoms. The van der Waals surface area contributed by atoms with Gasteiger partial charge in [-0.1, -0.05) is 66.7 Å². The Morgan fingerprint density at radius 2 is 1.54 bits per heavy atom. The van der Waals surface area contributed by atoms with Gasteiger partial charge in [-0.15, -0.1) is 0 Å². The van der Waals surface area contributed by atoms with Gasteiger partial charge in [0.1, 0.15) is 5.75 Å². The molecule has 3 aromatic rings. The van der Waals surface area contributed by atoms with E-state index in [9.17, 15) is 9.59 Å². The highest BCUT2D eigenvalue weighted by molar-refractivity contribution is 6.02. The summed E-state index contributed by atoms with van der Waals surface area (Å²) >= 11 is 0. The van der Waals surface area contributed by atoms with Crippen molar-refractivity contribution < 1.29 is 23.8 Å². The molecule has 0 saturated carbocycles. The van der Waals surface area contributed by atoms with E-state index in [4.69, 9.17) is 14.2 Å². The zero-order valence-electron chi connectivity index (χ0n) is 15.7. The van der Waals surface area contributed by atoms with Gasteiger partial charge in [0, 0.05) is 11.8 Å². The van der Waals surface area contributed by atoms with Gasteiger partial charge in [0.15, 0.2) is 6.10 Å². The number of carbonyl (C=O) groups is 2. The van der Waals surface area contributed by atoms with Crippen molar-refractivity contribution in [1.82, 2.24) is 0 Å². The average Bonchev–Trinajstić information content (AvgIpc) is 2.77. The zero-order valence-corrected chi connectivity index (χ0v) is 15.7. The molecule has 0 spiro atoms. The summed E-state index contributed by atoms with van der Waals surface area (Å²) < 4.78 is 16.5. The molecular formula is C23H20O5. The number of hydrogen-bond acceptors (Lipinski definition) is 5. The number of carbonyl (C=O) groups excluding carboxylic acids is 2. The Morgan fingerprint density at radius 3 is 2.21 bits per heavy atom. The summed E-state index contributed by atoms with van der Waals surface area (Å²) in [6.07, 6.45) is -0.738. The van der Waals surface area contributed by atoms with Crippen LogP contribution in [0.25, 0.3) is 10.8 Å². The molecule has 0 amide bonds. The third kappa shape index (κ3) is 2.62. The molecule has 0 radical (unpaired) electrons. The average molecular weight is 376 g/mol. The standard InChI is InChI=1S/C23H20O5/c1-26-21(24)23(22(25)27-2)14-17-13-12-15-8-6-7-11-18(15)19(17)28-20(23)16-9-4-3-5-10-16/h3-13,20H,14H2,1-2H3. The maximum absolute atomic E-state index is 12.9. The number of esters is 2. The Bertz CT molecular complexity index is 1030. The SMILES string of the molecule is COC(=O)C1(C(=O)OC)Cc2ccc3ccccc3c2OC1c1ccccc1. The van der Waals surface area contributed by atoms with Gasteiger partial charge in [-0.25, -0.2) is 0 Å². The van der Waals surface area contributed by atoms with Crippen molar-refractivity contribution in [2.45, 2.75) is 12.5 Å². The fourth-order valence-electron chi connectivity index (χ4n) is 3.96. The lowest BCUT2D eigenvalue weighted by atomic mass is 9.71. The van der Waals surface area contributed by atoms with Crippen LogP contribution in [-0.2, 0) is 25.5 Å². The summed E-state index contributed by atoms with van der Waals surface area (Å²) in [6, 6.07) is 20.9. The van der Waals surface area contributed by atoms with E-state index in [0.29, 0.717) is 11.3 Å². The molecule has 0 bridgehead atoms. The van der Waals surface area contributed by atoms with Crippen molar-refractivity contribution >= 4 is 22.7 Å². The summed E-state index contributed by atoms with van der Waals surface area (Å²) in [6.45, 7) is 0. The van der Waals surface area contributed by atoms with Crippen LogP contribution in [0, 0.1) is 5.41 Å². The lowest BCUT2D eigenvalue weighted by molar-refractivity contribution is -0.178. The van der Waals surface area contributed by atoms with E-state index < -0.39 is 23.5 Å². The van der Waals surface area contributed by atoms with E-state index in [1.165, 1.54) is 14.2 Å². The Balaban J connectivity index is 1.98. The highest BCUT2D eigenvalue weighted by atomic mass is 16.6. The molecule has 5 nitrogen and oxygen atoms in total. The summed E-state index contributed by atoms with van der Waals surface area (Å²) in [5.74, 6) is -0.672. The highest BCUT2D eigenvalue weighted by Crippen LogP contribution is 2.50. The molecule has 1 heterocycles.